The van der Waals surface area contributed by atoms with Crippen LogP contribution in [0.3, 0.4) is 0 Å². The lowest BCUT2D eigenvalue weighted by molar-refractivity contribution is 0.0238. The number of morpholine rings is 1. The maximum absolute atomic E-state index is 5.25. The first-order valence-electron chi connectivity index (χ1n) is 26.9. The molecule has 7 heterocycles. The van der Waals surface area contributed by atoms with Gasteiger partial charge in [-0.1, -0.05) is 83.1 Å². The van der Waals surface area contributed by atoms with Crippen LogP contribution in [-0.2, 0) is 9.47 Å². The Morgan fingerprint density at radius 1 is 0.339 bits per heavy atom. The Hall–Kier alpha value is -0.320. The van der Waals surface area contributed by atoms with Gasteiger partial charge in [-0.05, 0) is 222 Å². The summed E-state index contributed by atoms with van der Waals surface area (Å²) in [5, 5.41) is 13.4. The predicted octanol–water partition coefficient (Wildman–Crippen LogP) is 10.6. The lowest BCUT2D eigenvalue weighted by Gasteiger charge is -2.31. The zero-order valence-electron chi connectivity index (χ0n) is 44.6. The summed E-state index contributed by atoms with van der Waals surface area (Å²) >= 11 is 0. The molecule has 7 fully saturated rings. The van der Waals surface area contributed by atoms with E-state index < -0.39 is 0 Å². The van der Waals surface area contributed by atoms with Crippen molar-refractivity contribution in [1.82, 2.24) is 31.1 Å². The molecule has 8 nitrogen and oxygen atoms in total. The Morgan fingerprint density at radius 2 is 0.629 bits per heavy atom. The quantitative estimate of drug-likeness (QED) is 0.202. The van der Waals surface area contributed by atoms with Crippen LogP contribution in [0, 0.1) is 71.0 Å². The molecule has 0 amide bonds. The number of rotatable bonds is 7. The van der Waals surface area contributed by atoms with Crippen molar-refractivity contribution >= 4 is 0 Å². The molecule has 372 valence electrons. The van der Waals surface area contributed by atoms with Gasteiger partial charge in [-0.2, -0.15) is 0 Å². The van der Waals surface area contributed by atoms with Crippen molar-refractivity contribution in [2.24, 2.45) is 71.0 Å². The minimum absolute atomic E-state index is 0.689. The maximum atomic E-state index is 5.25. The van der Waals surface area contributed by atoms with Crippen molar-refractivity contribution in [1.29, 1.82) is 0 Å². The third kappa shape index (κ3) is 29.3. The largest absolute Gasteiger partial charge is 0.381 e. The summed E-state index contributed by atoms with van der Waals surface area (Å²) in [5.74, 6) is 11.1. The molecule has 62 heavy (non-hydrogen) atoms. The predicted molar refractivity (Wildman–Crippen MR) is 273 cm³/mol. The first-order chi connectivity index (χ1) is 29.5. The molecule has 0 aliphatic carbocycles. The summed E-state index contributed by atoms with van der Waals surface area (Å²) < 4.78 is 10.5. The molecular weight excluding hydrogens is 765 g/mol. The molecule has 4 N–H and O–H groups in total. The van der Waals surface area contributed by atoms with E-state index in [1.807, 2.05) is 0 Å². The topological polar surface area (TPSA) is 73.1 Å². The molecular formula is C54H114N6O2. The van der Waals surface area contributed by atoms with Gasteiger partial charge in [0, 0.05) is 32.3 Å². The van der Waals surface area contributed by atoms with Gasteiger partial charge in [0.05, 0.1) is 13.2 Å². The monoisotopic (exact) mass is 879 g/mol. The van der Waals surface area contributed by atoms with Crippen LogP contribution in [0.5, 0.6) is 0 Å². The van der Waals surface area contributed by atoms with Crippen LogP contribution in [0.15, 0.2) is 0 Å². The Morgan fingerprint density at radius 3 is 0.871 bits per heavy atom. The Labute approximate surface area is 389 Å². The maximum Gasteiger partial charge on any atom is 0.0594 e. The van der Waals surface area contributed by atoms with Crippen molar-refractivity contribution in [2.45, 2.75) is 167 Å². The van der Waals surface area contributed by atoms with Gasteiger partial charge >= 0.3 is 0 Å². The number of ether oxygens (including phenoxy) is 2. The van der Waals surface area contributed by atoms with Crippen LogP contribution >= 0.6 is 0 Å². The van der Waals surface area contributed by atoms with Crippen LogP contribution in [0.25, 0.3) is 0 Å². The van der Waals surface area contributed by atoms with Crippen molar-refractivity contribution in [3.8, 4) is 0 Å². The van der Waals surface area contributed by atoms with E-state index in [0.717, 1.165) is 111 Å². The number of hydrogen-bond donors (Lipinski definition) is 4. The lowest BCUT2D eigenvalue weighted by atomic mass is 9.87. The average molecular weight is 880 g/mol. The second kappa shape index (κ2) is 36.8. The van der Waals surface area contributed by atoms with E-state index in [9.17, 15) is 0 Å². The molecule has 7 aliphatic heterocycles. The van der Waals surface area contributed by atoms with Crippen molar-refractivity contribution in [3.05, 3.63) is 0 Å². The summed E-state index contributed by atoms with van der Waals surface area (Å²) in [6.45, 7) is 50.8. The fourth-order valence-electron chi connectivity index (χ4n) is 9.69. The molecule has 0 radical (unpaired) electrons. The molecule has 2 unspecified atom stereocenters. The van der Waals surface area contributed by atoms with Crippen LogP contribution < -0.4 is 21.3 Å². The van der Waals surface area contributed by atoms with E-state index in [0.29, 0.717) is 6.04 Å². The fourth-order valence-corrected chi connectivity index (χ4v) is 9.69. The van der Waals surface area contributed by atoms with Gasteiger partial charge in [0.1, 0.15) is 0 Å². The van der Waals surface area contributed by atoms with Crippen LogP contribution in [0.1, 0.15) is 161 Å². The smallest absolute Gasteiger partial charge is 0.0594 e. The van der Waals surface area contributed by atoms with Crippen molar-refractivity contribution in [2.75, 3.05) is 112 Å². The number of nitrogens with zero attached hydrogens (tertiary/aromatic N) is 2. The molecule has 7 aliphatic rings. The number of piperidine rings is 3. The molecule has 8 heteroatoms. The summed E-state index contributed by atoms with van der Waals surface area (Å²) in [7, 11) is 2.22. The lowest BCUT2D eigenvalue weighted by Crippen LogP contribution is -2.40. The molecule has 0 aromatic rings. The first kappa shape index (κ1) is 59.7. The van der Waals surface area contributed by atoms with E-state index in [1.54, 1.807) is 0 Å². The van der Waals surface area contributed by atoms with E-state index in [2.05, 4.69) is 135 Å². The second-order valence-corrected chi connectivity index (χ2v) is 22.5. The third-order valence-electron chi connectivity index (χ3n) is 15.4. The average Bonchev–Trinajstić information content (AvgIpc) is 4.04. The summed E-state index contributed by atoms with van der Waals surface area (Å²) in [6, 6.07) is 0.689. The Bertz CT molecular complexity index is 840. The number of hydrogen-bond acceptors (Lipinski definition) is 8. The molecule has 0 aromatic carbocycles. The molecule has 0 spiro atoms. The summed E-state index contributed by atoms with van der Waals surface area (Å²) in [4.78, 5) is 4.86. The van der Waals surface area contributed by atoms with Gasteiger partial charge in [-0.15, -0.1) is 0 Å². The van der Waals surface area contributed by atoms with Gasteiger partial charge in [0.15, 0.2) is 0 Å². The van der Waals surface area contributed by atoms with Gasteiger partial charge < -0.3 is 35.6 Å². The number of likely N-dealkylation sites (tertiary alicyclic amines) is 1. The zero-order valence-corrected chi connectivity index (χ0v) is 44.6. The molecule has 2 atom stereocenters. The van der Waals surface area contributed by atoms with Gasteiger partial charge in [0.2, 0.25) is 0 Å². The molecule has 0 aromatic heterocycles. The molecule has 7 saturated heterocycles. The summed E-state index contributed by atoms with van der Waals surface area (Å²) in [5.41, 5.74) is 0. The van der Waals surface area contributed by atoms with E-state index >= 15 is 0 Å². The number of nitrogens with one attached hydrogen (secondary N) is 4. The van der Waals surface area contributed by atoms with Gasteiger partial charge in [-0.3, -0.25) is 4.90 Å². The van der Waals surface area contributed by atoms with Crippen molar-refractivity contribution < 1.29 is 9.47 Å². The highest BCUT2D eigenvalue weighted by Crippen LogP contribution is 2.25. The highest BCUT2D eigenvalue weighted by Gasteiger charge is 2.21. The fraction of sp³-hybridized carbons (Fsp3) is 1.00. The summed E-state index contributed by atoms with van der Waals surface area (Å²) in [6.07, 6.45) is 13.7. The van der Waals surface area contributed by atoms with E-state index in [-0.39, 0.29) is 0 Å². The first-order valence-corrected chi connectivity index (χ1v) is 26.9. The SMILES string of the molecule is CC(C)C1CCN(C)CC1.CC(C)C1CCNC1.CC(C)C1CCNC1.CC(C)C1CCNCC1.CC(C)C1CCNCC1.CC(C)C1CCOCC1.CC(C)N1CCOCC1. The van der Waals surface area contributed by atoms with Gasteiger partial charge in [0.25, 0.3) is 0 Å². The Kier molecular flexibility index (Phi) is 35.4. The minimum Gasteiger partial charge on any atom is -0.381 e. The molecule has 7 rings (SSSR count). The third-order valence-corrected chi connectivity index (χ3v) is 15.4. The highest BCUT2D eigenvalue weighted by atomic mass is 16.5. The van der Waals surface area contributed by atoms with Crippen molar-refractivity contribution in [3.63, 3.8) is 0 Å². The highest BCUT2D eigenvalue weighted by molar-refractivity contribution is 4.75. The van der Waals surface area contributed by atoms with E-state index in [4.69, 9.17) is 9.47 Å². The Balaban J connectivity index is 0.000000362. The molecule has 0 saturated carbocycles. The normalized spacial score (nSPS) is 24.9. The van der Waals surface area contributed by atoms with Gasteiger partial charge in [-0.25, -0.2) is 0 Å². The zero-order chi connectivity index (χ0) is 46.3. The van der Waals surface area contributed by atoms with E-state index in [1.165, 1.54) is 130 Å². The minimum atomic E-state index is 0.689. The standard InChI is InChI=1S/C9H19N.2C8H17N.C8H16O.C7H15NO.2C7H15N/c1-8(2)9-4-6-10(3)7-5-9;4*1-7(2)8-3-5-9-6-4-8;2*1-6(2)7-3-4-8-5-7/h8-9H,4-7H2,1-3H3;2*7-9H,3-6H2,1-2H3;7-8H,3-6H2,1-2H3;7H,3-6H2,1-2H3;2*6-8H,3-5H2,1-2H3. The van der Waals surface area contributed by atoms with Crippen LogP contribution in [-0.4, -0.2) is 128 Å². The van der Waals surface area contributed by atoms with Crippen LogP contribution in [0.2, 0.25) is 0 Å². The second-order valence-electron chi connectivity index (χ2n) is 22.5. The van der Waals surface area contributed by atoms with Crippen LogP contribution in [0.4, 0.5) is 0 Å². The molecule has 0 bridgehead atoms.